The molecule has 0 radical (unpaired) electrons. The van der Waals surface area contributed by atoms with E-state index in [1.54, 1.807) is 0 Å². The number of likely N-dealkylation sites (N-methyl/N-ethyl adjacent to an activating group) is 1. The van der Waals surface area contributed by atoms with Gasteiger partial charge in [0.2, 0.25) is 5.95 Å². The number of aryl methyl sites for hydroxylation is 1. The van der Waals surface area contributed by atoms with Crippen molar-refractivity contribution < 1.29 is 0 Å². The molecule has 2 aromatic heterocycles. The third kappa shape index (κ3) is 4.98. The lowest BCUT2D eigenvalue weighted by Crippen LogP contribution is -2.23. The third-order valence-electron chi connectivity index (χ3n) is 3.36. The van der Waals surface area contributed by atoms with Crippen molar-refractivity contribution in [1.29, 1.82) is 0 Å². The van der Waals surface area contributed by atoms with Crippen molar-refractivity contribution in [2.24, 2.45) is 5.92 Å². The average Bonchev–Trinajstić information content (AvgIpc) is 2.51. The van der Waals surface area contributed by atoms with Crippen molar-refractivity contribution in [2.45, 2.75) is 27.2 Å². The molecule has 0 atom stereocenters. The Morgan fingerprint density at radius 1 is 1.18 bits per heavy atom. The van der Waals surface area contributed by atoms with Gasteiger partial charge < -0.3 is 10.2 Å². The summed E-state index contributed by atoms with van der Waals surface area (Å²) in [6.45, 7) is 8.15. The summed E-state index contributed by atoms with van der Waals surface area (Å²) in [5.74, 6) is 2.25. The molecule has 0 spiro atoms. The van der Waals surface area contributed by atoms with Crippen LogP contribution in [0.3, 0.4) is 0 Å². The first-order chi connectivity index (χ1) is 10.5. The minimum Gasteiger partial charge on any atom is -0.370 e. The van der Waals surface area contributed by atoms with Crippen molar-refractivity contribution in [2.75, 3.05) is 30.4 Å². The highest BCUT2D eigenvalue weighted by molar-refractivity contribution is 5.43. The molecule has 22 heavy (non-hydrogen) atoms. The topological polar surface area (TPSA) is 53.9 Å². The zero-order valence-electron chi connectivity index (χ0n) is 13.9. The first-order valence-electron chi connectivity index (χ1n) is 7.74. The Bertz CT molecular complexity index is 583. The fraction of sp³-hybridized carbons (Fsp3) is 0.471. The summed E-state index contributed by atoms with van der Waals surface area (Å²) in [7, 11) is 2.03. The van der Waals surface area contributed by atoms with Gasteiger partial charge in [-0.1, -0.05) is 13.8 Å². The molecule has 0 bridgehead atoms. The number of hydrogen-bond donors (Lipinski definition) is 1. The van der Waals surface area contributed by atoms with Gasteiger partial charge >= 0.3 is 0 Å². The van der Waals surface area contributed by atoms with Gasteiger partial charge in [0.05, 0.1) is 0 Å². The van der Waals surface area contributed by atoms with Crippen molar-refractivity contribution in [3.63, 3.8) is 0 Å². The molecular weight excluding hydrogens is 274 g/mol. The molecule has 118 valence electrons. The fourth-order valence-electron chi connectivity index (χ4n) is 2.07. The smallest absolute Gasteiger partial charge is 0.227 e. The standard InChI is InChI=1S/C17H25N5/c1-13(2)12-19-16-11-14(3)20-17(21-16)22(4)10-7-15-5-8-18-9-6-15/h5-6,8-9,11,13H,7,10,12H2,1-4H3,(H,19,20,21). The van der Waals surface area contributed by atoms with Crippen LogP contribution in [0.2, 0.25) is 0 Å². The van der Waals surface area contributed by atoms with Crippen LogP contribution in [0.4, 0.5) is 11.8 Å². The van der Waals surface area contributed by atoms with Gasteiger partial charge in [-0.25, -0.2) is 4.98 Å². The van der Waals surface area contributed by atoms with Gasteiger partial charge in [0, 0.05) is 44.3 Å². The monoisotopic (exact) mass is 299 g/mol. The summed E-state index contributed by atoms with van der Waals surface area (Å²) in [5, 5.41) is 3.37. The van der Waals surface area contributed by atoms with Gasteiger partial charge in [0.25, 0.3) is 0 Å². The third-order valence-corrected chi connectivity index (χ3v) is 3.36. The molecule has 2 aromatic rings. The van der Waals surface area contributed by atoms with Crippen LogP contribution in [0, 0.1) is 12.8 Å². The van der Waals surface area contributed by atoms with Crippen LogP contribution in [-0.2, 0) is 6.42 Å². The lowest BCUT2D eigenvalue weighted by molar-refractivity contribution is 0.686. The van der Waals surface area contributed by atoms with Crippen LogP contribution in [0.1, 0.15) is 25.1 Å². The Morgan fingerprint density at radius 3 is 2.59 bits per heavy atom. The van der Waals surface area contributed by atoms with E-state index in [2.05, 4.69) is 39.0 Å². The molecule has 0 aromatic carbocycles. The van der Waals surface area contributed by atoms with Gasteiger partial charge in [-0.2, -0.15) is 4.98 Å². The number of hydrogen-bond acceptors (Lipinski definition) is 5. The van der Waals surface area contributed by atoms with Gasteiger partial charge in [-0.05, 0) is 37.0 Å². The SMILES string of the molecule is Cc1cc(NCC(C)C)nc(N(C)CCc2ccncc2)n1. The minimum absolute atomic E-state index is 0.586. The molecule has 0 amide bonds. The average molecular weight is 299 g/mol. The number of rotatable bonds is 7. The molecule has 2 heterocycles. The second-order valence-electron chi connectivity index (χ2n) is 6.00. The van der Waals surface area contributed by atoms with Crippen LogP contribution < -0.4 is 10.2 Å². The van der Waals surface area contributed by atoms with Crippen LogP contribution in [0.15, 0.2) is 30.6 Å². The van der Waals surface area contributed by atoms with Gasteiger partial charge in [-0.3, -0.25) is 4.98 Å². The maximum absolute atomic E-state index is 4.61. The Morgan fingerprint density at radius 2 is 1.91 bits per heavy atom. The van der Waals surface area contributed by atoms with Crippen molar-refractivity contribution in [3.05, 3.63) is 41.9 Å². The first kappa shape index (κ1) is 16.2. The van der Waals surface area contributed by atoms with E-state index < -0.39 is 0 Å². The Balaban J connectivity index is 2.00. The predicted octanol–water partition coefficient (Wildman–Crippen LogP) is 2.93. The van der Waals surface area contributed by atoms with Crippen molar-refractivity contribution >= 4 is 11.8 Å². The summed E-state index contributed by atoms with van der Waals surface area (Å²) in [6, 6.07) is 6.07. The lowest BCUT2D eigenvalue weighted by atomic mass is 10.2. The first-order valence-corrected chi connectivity index (χ1v) is 7.74. The molecular formula is C17H25N5. The molecule has 5 nitrogen and oxygen atoms in total. The summed E-state index contributed by atoms with van der Waals surface area (Å²) in [4.78, 5) is 15.3. The highest BCUT2D eigenvalue weighted by Crippen LogP contribution is 2.13. The zero-order chi connectivity index (χ0) is 15.9. The maximum atomic E-state index is 4.61. The highest BCUT2D eigenvalue weighted by atomic mass is 15.2. The number of aromatic nitrogens is 3. The highest BCUT2D eigenvalue weighted by Gasteiger charge is 2.08. The summed E-state index contributed by atoms with van der Waals surface area (Å²) >= 11 is 0. The lowest BCUT2D eigenvalue weighted by Gasteiger charge is -2.19. The van der Waals surface area contributed by atoms with E-state index in [0.29, 0.717) is 5.92 Å². The number of nitrogens with one attached hydrogen (secondary N) is 1. The molecule has 0 saturated heterocycles. The van der Waals surface area contributed by atoms with E-state index >= 15 is 0 Å². The van der Waals surface area contributed by atoms with E-state index in [-0.39, 0.29) is 0 Å². The molecule has 0 fully saturated rings. The van der Waals surface area contributed by atoms with Crippen LogP contribution >= 0.6 is 0 Å². The predicted molar refractivity (Wildman–Crippen MR) is 91.3 cm³/mol. The Labute approximate surface area is 132 Å². The molecule has 5 heteroatoms. The molecule has 0 aliphatic heterocycles. The van der Waals surface area contributed by atoms with Gasteiger partial charge in [-0.15, -0.1) is 0 Å². The Kier molecular flexibility index (Phi) is 5.69. The van der Waals surface area contributed by atoms with Crippen molar-refractivity contribution in [3.8, 4) is 0 Å². The largest absolute Gasteiger partial charge is 0.370 e. The molecule has 0 aliphatic rings. The molecule has 2 rings (SSSR count). The fourth-order valence-corrected chi connectivity index (χ4v) is 2.07. The van der Waals surface area contributed by atoms with Gasteiger partial charge in [0.1, 0.15) is 5.82 Å². The van der Waals surface area contributed by atoms with E-state index in [1.165, 1.54) is 5.56 Å². The van der Waals surface area contributed by atoms with Crippen LogP contribution in [0.25, 0.3) is 0 Å². The molecule has 0 unspecified atom stereocenters. The van der Waals surface area contributed by atoms with Crippen molar-refractivity contribution in [1.82, 2.24) is 15.0 Å². The Hall–Kier alpha value is -2.17. The summed E-state index contributed by atoms with van der Waals surface area (Å²) in [5.41, 5.74) is 2.25. The summed E-state index contributed by atoms with van der Waals surface area (Å²) in [6.07, 6.45) is 4.60. The van der Waals surface area contributed by atoms with Gasteiger partial charge in [0.15, 0.2) is 0 Å². The maximum Gasteiger partial charge on any atom is 0.227 e. The molecule has 1 N–H and O–H groups in total. The number of nitrogens with zero attached hydrogens (tertiary/aromatic N) is 4. The molecule has 0 saturated carbocycles. The zero-order valence-corrected chi connectivity index (χ0v) is 13.9. The van der Waals surface area contributed by atoms with E-state index in [1.807, 2.05) is 44.6 Å². The summed E-state index contributed by atoms with van der Waals surface area (Å²) < 4.78 is 0. The van der Waals surface area contributed by atoms with E-state index in [4.69, 9.17) is 0 Å². The molecule has 0 aliphatic carbocycles. The van der Waals surface area contributed by atoms with Crippen LogP contribution in [0.5, 0.6) is 0 Å². The quantitative estimate of drug-likeness (QED) is 0.852. The number of anilines is 2. The normalized spacial score (nSPS) is 10.8. The number of pyridine rings is 1. The minimum atomic E-state index is 0.586. The van der Waals surface area contributed by atoms with Crippen LogP contribution in [-0.4, -0.2) is 35.1 Å². The second kappa shape index (κ2) is 7.73. The van der Waals surface area contributed by atoms with E-state index in [0.717, 1.165) is 37.0 Å². The van der Waals surface area contributed by atoms with E-state index in [9.17, 15) is 0 Å². The second-order valence-corrected chi connectivity index (χ2v) is 6.00.